The molecule has 0 aliphatic carbocycles. The molecule has 1 aliphatic rings. The number of hydrogen-bond acceptors (Lipinski definition) is 3. The lowest BCUT2D eigenvalue weighted by atomic mass is 10.1. The van der Waals surface area contributed by atoms with E-state index in [9.17, 15) is 8.42 Å². The average Bonchev–Trinajstić information content (AvgIpc) is 3.04. The fourth-order valence-electron chi connectivity index (χ4n) is 2.98. The first-order valence-electron chi connectivity index (χ1n) is 7.87. The summed E-state index contributed by atoms with van der Waals surface area (Å²) in [6.07, 6.45) is 4.33. The Kier molecular flexibility index (Phi) is 4.76. The van der Waals surface area contributed by atoms with Gasteiger partial charge >= 0.3 is 0 Å². The molecule has 0 spiro atoms. The Bertz CT molecular complexity index is 737. The number of nitrogens with one attached hydrogen (secondary N) is 2. The summed E-state index contributed by atoms with van der Waals surface area (Å²) in [7, 11) is -3.42. The largest absolute Gasteiger partial charge is 0.314 e. The highest BCUT2D eigenvalue weighted by Gasteiger charge is 2.16. The van der Waals surface area contributed by atoms with E-state index in [1.54, 1.807) is 12.1 Å². The van der Waals surface area contributed by atoms with Crippen LogP contribution >= 0.6 is 0 Å². The summed E-state index contributed by atoms with van der Waals surface area (Å²) in [4.78, 5) is 0.338. The highest BCUT2D eigenvalue weighted by Crippen LogP contribution is 2.19. The molecule has 2 N–H and O–H groups in total. The summed E-state index contributed by atoms with van der Waals surface area (Å²) in [5.74, 6) is 0. The van der Waals surface area contributed by atoms with Gasteiger partial charge in [0.05, 0.1) is 4.90 Å². The van der Waals surface area contributed by atoms with Crippen LogP contribution in [0.2, 0.25) is 0 Å². The van der Waals surface area contributed by atoms with Gasteiger partial charge in [-0.05, 0) is 55.1 Å². The predicted octanol–water partition coefficient (Wildman–Crippen LogP) is 2.65. The van der Waals surface area contributed by atoms with Crippen LogP contribution in [0.3, 0.4) is 0 Å². The number of sulfonamides is 1. The van der Waals surface area contributed by atoms with E-state index < -0.39 is 10.0 Å². The van der Waals surface area contributed by atoms with Crippen LogP contribution in [-0.4, -0.2) is 27.5 Å². The van der Waals surface area contributed by atoms with Crippen molar-refractivity contribution in [2.45, 2.75) is 36.6 Å². The second-order valence-corrected chi connectivity index (χ2v) is 7.61. The molecule has 2 aromatic rings. The SMILES string of the molecule is O=S(=O)(NCCC[C@@H]1CCCN1)c1ccc2ccccc2c1. The van der Waals surface area contributed by atoms with E-state index >= 15 is 0 Å². The molecule has 1 fully saturated rings. The fourth-order valence-corrected chi connectivity index (χ4v) is 4.09. The molecule has 1 aliphatic heterocycles. The standard InChI is InChI=1S/C17H22N2O2S/c20-22(21,19-12-4-8-16-7-3-11-18-16)17-10-9-14-5-1-2-6-15(14)13-17/h1-2,5-6,9-10,13,16,18-19H,3-4,7-8,11-12H2/t16-/m0/s1. The minimum Gasteiger partial charge on any atom is -0.314 e. The van der Waals surface area contributed by atoms with Gasteiger partial charge in [-0.2, -0.15) is 0 Å². The van der Waals surface area contributed by atoms with Crippen molar-refractivity contribution in [1.82, 2.24) is 10.0 Å². The van der Waals surface area contributed by atoms with Crippen molar-refractivity contribution in [3.8, 4) is 0 Å². The highest BCUT2D eigenvalue weighted by molar-refractivity contribution is 7.89. The van der Waals surface area contributed by atoms with Gasteiger partial charge in [0.25, 0.3) is 0 Å². The molecule has 0 unspecified atom stereocenters. The molecule has 3 rings (SSSR count). The number of rotatable bonds is 6. The minimum atomic E-state index is -3.42. The van der Waals surface area contributed by atoms with Crippen molar-refractivity contribution in [2.24, 2.45) is 0 Å². The third-order valence-electron chi connectivity index (χ3n) is 4.22. The molecule has 1 saturated heterocycles. The van der Waals surface area contributed by atoms with Gasteiger partial charge in [-0.15, -0.1) is 0 Å². The molecule has 1 heterocycles. The van der Waals surface area contributed by atoms with Crippen LogP contribution in [0.4, 0.5) is 0 Å². The molecule has 0 aromatic heterocycles. The maximum atomic E-state index is 12.3. The van der Waals surface area contributed by atoms with Crippen LogP contribution in [-0.2, 0) is 10.0 Å². The summed E-state index contributed by atoms with van der Waals surface area (Å²) in [5, 5.41) is 5.42. The normalized spacial score (nSPS) is 18.8. The van der Waals surface area contributed by atoms with Crippen LogP contribution < -0.4 is 10.0 Å². The Morgan fingerprint density at radius 1 is 1.14 bits per heavy atom. The van der Waals surface area contributed by atoms with Crippen molar-refractivity contribution < 1.29 is 8.42 Å². The van der Waals surface area contributed by atoms with Gasteiger partial charge in [0.2, 0.25) is 10.0 Å². The van der Waals surface area contributed by atoms with Crippen molar-refractivity contribution in [3.05, 3.63) is 42.5 Å². The van der Waals surface area contributed by atoms with E-state index in [1.807, 2.05) is 30.3 Å². The zero-order valence-electron chi connectivity index (χ0n) is 12.6. The third-order valence-corrected chi connectivity index (χ3v) is 5.67. The summed E-state index contributed by atoms with van der Waals surface area (Å²) in [6.45, 7) is 1.58. The molecule has 4 nitrogen and oxygen atoms in total. The molecule has 5 heteroatoms. The van der Waals surface area contributed by atoms with Gasteiger partial charge < -0.3 is 5.32 Å². The van der Waals surface area contributed by atoms with Crippen molar-refractivity contribution in [3.63, 3.8) is 0 Å². The Morgan fingerprint density at radius 2 is 1.95 bits per heavy atom. The molecule has 0 saturated carbocycles. The zero-order chi connectivity index (χ0) is 15.4. The Hall–Kier alpha value is -1.43. The van der Waals surface area contributed by atoms with Crippen LogP contribution in [0.15, 0.2) is 47.4 Å². The summed E-state index contributed by atoms with van der Waals surface area (Å²) in [5.41, 5.74) is 0. The lowest BCUT2D eigenvalue weighted by molar-refractivity contribution is 0.527. The lowest BCUT2D eigenvalue weighted by Gasteiger charge is -2.11. The molecule has 22 heavy (non-hydrogen) atoms. The fraction of sp³-hybridized carbons (Fsp3) is 0.412. The predicted molar refractivity (Wildman–Crippen MR) is 89.4 cm³/mol. The first kappa shape index (κ1) is 15.5. The smallest absolute Gasteiger partial charge is 0.240 e. The zero-order valence-corrected chi connectivity index (χ0v) is 13.4. The quantitative estimate of drug-likeness (QED) is 0.805. The van der Waals surface area contributed by atoms with Crippen LogP contribution in [0.1, 0.15) is 25.7 Å². The van der Waals surface area contributed by atoms with E-state index in [0.29, 0.717) is 17.5 Å². The number of fused-ring (bicyclic) bond motifs is 1. The third kappa shape index (κ3) is 3.66. The van der Waals surface area contributed by atoms with Crippen LogP contribution in [0.5, 0.6) is 0 Å². The van der Waals surface area contributed by atoms with Gasteiger partial charge in [0, 0.05) is 12.6 Å². The van der Waals surface area contributed by atoms with Gasteiger partial charge in [0.15, 0.2) is 0 Å². The maximum absolute atomic E-state index is 12.3. The van der Waals surface area contributed by atoms with Crippen LogP contribution in [0.25, 0.3) is 10.8 Å². The molecule has 2 aromatic carbocycles. The summed E-state index contributed by atoms with van der Waals surface area (Å²) >= 11 is 0. The van der Waals surface area contributed by atoms with Gasteiger partial charge in [-0.25, -0.2) is 13.1 Å². The second-order valence-electron chi connectivity index (χ2n) is 5.84. The second kappa shape index (κ2) is 6.77. The minimum absolute atomic E-state index is 0.338. The molecule has 0 amide bonds. The first-order valence-corrected chi connectivity index (χ1v) is 9.35. The topological polar surface area (TPSA) is 58.2 Å². The molecular weight excluding hydrogens is 296 g/mol. The van der Waals surface area contributed by atoms with E-state index in [-0.39, 0.29) is 0 Å². The Labute approximate surface area is 132 Å². The molecule has 0 bridgehead atoms. The van der Waals surface area contributed by atoms with E-state index in [0.717, 1.165) is 30.2 Å². The van der Waals surface area contributed by atoms with Gasteiger partial charge in [0.1, 0.15) is 0 Å². The van der Waals surface area contributed by atoms with Gasteiger partial charge in [-0.3, -0.25) is 0 Å². The van der Waals surface area contributed by atoms with E-state index in [1.165, 1.54) is 12.8 Å². The summed E-state index contributed by atoms with van der Waals surface area (Å²) < 4.78 is 27.4. The average molecular weight is 318 g/mol. The van der Waals surface area contributed by atoms with E-state index in [4.69, 9.17) is 0 Å². The summed E-state index contributed by atoms with van der Waals surface area (Å²) in [6, 6.07) is 13.6. The lowest BCUT2D eigenvalue weighted by Crippen LogP contribution is -2.27. The Morgan fingerprint density at radius 3 is 2.73 bits per heavy atom. The molecule has 0 radical (unpaired) electrons. The van der Waals surface area contributed by atoms with Crippen molar-refractivity contribution >= 4 is 20.8 Å². The number of benzene rings is 2. The monoisotopic (exact) mass is 318 g/mol. The molecule has 1 atom stereocenters. The van der Waals surface area contributed by atoms with Crippen molar-refractivity contribution in [1.29, 1.82) is 0 Å². The van der Waals surface area contributed by atoms with Crippen LogP contribution in [0, 0.1) is 0 Å². The number of hydrogen-bond donors (Lipinski definition) is 2. The molecule has 118 valence electrons. The Balaban J connectivity index is 1.60. The first-order chi connectivity index (χ1) is 10.6. The van der Waals surface area contributed by atoms with E-state index in [2.05, 4.69) is 10.0 Å². The van der Waals surface area contributed by atoms with Crippen molar-refractivity contribution in [2.75, 3.05) is 13.1 Å². The van der Waals surface area contributed by atoms with Gasteiger partial charge in [-0.1, -0.05) is 30.3 Å². The maximum Gasteiger partial charge on any atom is 0.240 e. The highest BCUT2D eigenvalue weighted by atomic mass is 32.2. The molecular formula is C17H22N2O2S.